The van der Waals surface area contributed by atoms with Gasteiger partial charge in [-0.05, 0) is 67.9 Å². The van der Waals surface area contributed by atoms with Gasteiger partial charge in [-0.25, -0.2) is 0 Å². The van der Waals surface area contributed by atoms with Crippen LogP contribution in [0.5, 0.6) is 5.75 Å². The van der Waals surface area contributed by atoms with Crippen molar-refractivity contribution in [3.05, 3.63) is 99.7 Å². The lowest BCUT2D eigenvalue weighted by atomic mass is 10.1. The first-order chi connectivity index (χ1) is 16.6. The van der Waals surface area contributed by atoms with Gasteiger partial charge in [0.05, 0.1) is 29.2 Å². The van der Waals surface area contributed by atoms with Crippen molar-refractivity contribution in [3.8, 4) is 5.75 Å². The molecule has 0 bridgehead atoms. The molecule has 0 spiro atoms. The van der Waals surface area contributed by atoms with Crippen molar-refractivity contribution in [1.82, 2.24) is 9.78 Å². The first kappa shape index (κ1) is 24.4. The predicted octanol–water partition coefficient (Wildman–Crippen LogP) is 6.64. The normalized spacial score (nSPS) is 11.5. The van der Waals surface area contributed by atoms with Crippen molar-refractivity contribution >= 4 is 23.2 Å². The Bertz CT molecular complexity index is 1340. The molecule has 4 aromatic rings. The second-order valence-corrected chi connectivity index (χ2v) is 8.30. The smallest absolute Gasteiger partial charge is 0.416 e. The van der Waals surface area contributed by atoms with E-state index < -0.39 is 17.6 Å². The van der Waals surface area contributed by atoms with Gasteiger partial charge in [-0.15, -0.1) is 0 Å². The molecule has 182 valence electrons. The molecule has 2 aromatic carbocycles. The van der Waals surface area contributed by atoms with Crippen molar-refractivity contribution in [1.29, 1.82) is 0 Å². The van der Waals surface area contributed by atoms with E-state index in [1.807, 2.05) is 0 Å². The maximum Gasteiger partial charge on any atom is 0.416 e. The molecule has 35 heavy (non-hydrogen) atoms. The van der Waals surface area contributed by atoms with Crippen molar-refractivity contribution in [2.45, 2.75) is 33.2 Å². The van der Waals surface area contributed by atoms with Gasteiger partial charge in [0.2, 0.25) is 0 Å². The maximum absolute atomic E-state index is 13.0. The van der Waals surface area contributed by atoms with E-state index in [4.69, 9.17) is 20.8 Å². The fourth-order valence-electron chi connectivity index (χ4n) is 3.49. The topological polar surface area (TPSA) is 69.3 Å². The van der Waals surface area contributed by atoms with E-state index in [1.54, 1.807) is 54.9 Å². The summed E-state index contributed by atoms with van der Waals surface area (Å²) in [5.41, 5.74) is 1.32. The Morgan fingerprint density at radius 2 is 1.86 bits per heavy atom. The van der Waals surface area contributed by atoms with Gasteiger partial charge >= 0.3 is 6.18 Å². The number of hydrogen-bond donors (Lipinski definition) is 1. The Labute approximate surface area is 204 Å². The summed E-state index contributed by atoms with van der Waals surface area (Å²) in [5, 5.41) is 7.75. The van der Waals surface area contributed by atoms with Gasteiger partial charge in [0.15, 0.2) is 5.76 Å². The third kappa shape index (κ3) is 5.86. The number of rotatable bonds is 7. The van der Waals surface area contributed by atoms with E-state index in [0.717, 1.165) is 12.1 Å². The lowest BCUT2D eigenvalue weighted by molar-refractivity contribution is -0.137. The average Bonchev–Trinajstić information content (AvgIpc) is 3.39. The number of furan rings is 1. The van der Waals surface area contributed by atoms with Gasteiger partial charge in [0, 0.05) is 5.02 Å². The van der Waals surface area contributed by atoms with E-state index in [0.29, 0.717) is 39.2 Å². The molecule has 0 saturated carbocycles. The number of aromatic nitrogens is 2. The third-order valence-corrected chi connectivity index (χ3v) is 5.54. The monoisotopic (exact) mass is 503 g/mol. The molecule has 2 aromatic heterocycles. The number of benzene rings is 2. The summed E-state index contributed by atoms with van der Waals surface area (Å²) >= 11 is 5.85. The van der Waals surface area contributed by atoms with Gasteiger partial charge in [-0.2, -0.15) is 18.3 Å². The first-order valence-corrected chi connectivity index (χ1v) is 11.0. The second kappa shape index (κ2) is 9.87. The van der Waals surface area contributed by atoms with E-state index in [9.17, 15) is 18.0 Å². The van der Waals surface area contributed by atoms with Crippen molar-refractivity contribution in [2.75, 3.05) is 5.32 Å². The Morgan fingerprint density at radius 3 is 2.57 bits per heavy atom. The maximum atomic E-state index is 13.0. The molecule has 6 nitrogen and oxygen atoms in total. The zero-order chi connectivity index (χ0) is 25.2. The number of carbonyl (C=O) groups is 1. The van der Waals surface area contributed by atoms with E-state index in [-0.39, 0.29) is 18.9 Å². The number of hydrogen-bond acceptors (Lipinski definition) is 4. The summed E-state index contributed by atoms with van der Waals surface area (Å²) in [6.45, 7) is 3.69. The quantitative estimate of drug-likeness (QED) is 0.307. The van der Waals surface area contributed by atoms with Crippen LogP contribution in [0.25, 0.3) is 0 Å². The minimum Gasteiger partial charge on any atom is -0.486 e. The Kier molecular flexibility index (Phi) is 6.88. The fraction of sp³-hybridized carbons (Fsp3) is 0.200. The van der Waals surface area contributed by atoms with Crippen LogP contribution in [-0.2, 0) is 19.3 Å². The molecule has 0 aliphatic carbocycles. The van der Waals surface area contributed by atoms with Gasteiger partial charge in [-0.1, -0.05) is 23.7 Å². The largest absolute Gasteiger partial charge is 0.486 e. The summed E-state index contributed by atoms with van der Waals surface area (Å²) in [6.07, 6.45) is -4.42. The number of halogens is 4. The highest BCUT2D eigenvalue weighted by molar-refractivity contribution is 6.30. The first-order valence-electron chi connectivity index (χ1n) is 10.6. The van der Waals surface area contributed by atoms with Crippen LogP contribution >= 0.6 is 11.6 Å². The summed E-state index contributed by atoms with van der Waals surface area (Å²) < 4.78 is 51.8. The van der Waals surface area contributed by atoms with Gasteiger partial charge < -0.3 is 14.5 Å². The molecular weight excluding hydrogens is 483 g/mol. The summed E-state index contributed by atoms with van der Waals surface area (Å²) in [7, 11) is 0. The molecular formula is C25H21ClF3N3O3. The van der Waals surface area contributed by atoms with Crippen LogP contribution in [0.3, 0.4) is 0 Å². The zero-order valence-corrected chi connectivity index (χ0v) is 19.6. The highest BCUT2D eigenvalue weighted by atomic mass is 35.5. The molecule has 2 heterocycles. The van der Waals surface area contributed by atoms with Gasteiger partial charge in [0.25, 0.3) is 5.91 Å². The van der Waals surface area contributed by atoms with E-state index in [2.05, 4.69) is 10.4 Å². The van der Waals surface area contributed by atoms with Crippen LogP contribution < -0.4 is 10.1 Å². The number of carbonyl (C=O) groups excluding carboxylic acids is 1. The lowest BCUT2D eigenvalue weighted by Gasteiger charge is -2.10. The van der Waals surface area contributed by atoms with Crippen LogP contribution in [0.15, 0.2) is 65.1 Å². The predicted molar refractivity (Wildman–Crippen MR) is 125 cm³/mol. The molecule has 4 rings (SSSR count). The molecule has 1 amide bonds. The third-order valence-electron chi connectivity index (χ3n) is 5.29. The minimum absolute atomic E-state index is 0.0872. The summed E-state index contributed by atoms with van der Waals surface area (Å²) in [4.78, 5) is 12.7. The molecule has 0 saturated heterocycles. The minimum atomic E-state index is -4.42. The number of aryl methyl sites for hydroxylation is 1. The molecule has 0 unspecified atom stereocenters. The Morgan fingerprint density at radius 1 is 1.11 bits per heavy atom. The summed E-state index contributed by atoms with van der Waals surface area (Å²) in [5.74, 6) is 0.673. The Balaban J connectivity index is 1.43. The Hall–Kier alpha value is -3.72. The lowest BCUT2D eigenvalue weighted by Crippen LogP contribution is -2.13. The van der Waals surface area contributed by atoms with Crippen molar-refractivity contribution < 1.29 is 27.1 Å². The molecule has 1 N–H and O–H groups in total. The number of nitrogens with one attached hydrogen (secondary N) is 1. The molecule has 10 heteroatoms. The number of amides is 1. The summed E-state index contributed by atoms with van der Waals surface area (Å²) in [6, 6.07) is 15.1. The van der Waals surface area contributed by atoms with Crippen LogP contribution in [0.1, 0.15) is 38.8 Å². The van der Waals surface area contributed by atoms with E-state index >= 15 is 0 Å². The second-order valence-electron chi connectivity index (χ2n) is 7.86. The SMILES string of the molecule is Cc1nn(Cc2cccc(C(F)(F)F)c2)c(C)c1NC(=O)c1ccc(COc2ccc(Cl)cc2)o1. The number of nitrogens with zero attached hydrogens (tertiary/aromatic N) is 2. The molecule has 0 fully saturated rings. The standard InChI is InChI=1S/C25H21ClF3N3O3/c1-15-23(16(2)32(31-15)13-17-4-3-5-18(12-17)25(27,28)29)30-24(33)22-11-10-21(35-22)14-34-20-8-6-19(26)7-9-20/h3-12H,13-14H2,1-2H3,(H,30,33). The highest BCUT2D eigenvalue weighted by Crippen LogP contribution is 2.30. The molecule has 0 radical (unpaired) electrons. The molecule has 0 atom stereocenters. The average molecular weight is 504 g/mol. The van der Waals surface area contributed by atoms with E-state index in [1.165, 1.54) is 12.1 Å². The van der Waals surface area contributed by atoms with Crippen molar-refractivity contribution in [3.63, 3.8) is 0 Å². The number of anilines is 1. The van der Waals surface area contributed by atoms with Crippen LogP contribution in [0, 0.1) is 13.8 Å². The van der Waals surface area contributed by atoms with Crippen LogP contribution in [0.4, 0.5) is 18.9 Å². The highest BCUT2D eigenvalue weighted by Gasteiger charge is 2.30. The van der Waals surface area contributed by atoms with Crippen LogP contribution in [-0.4, -0.2) is 15.7 Å². The number of alkyl halides is 3. The zero-order valence-electron chi connectivity index (χ0n) is 18.8. The molecule has 0 aliphatic rings. The molecule has 0 aliphatic heterocycles. The van der Waals surface area contributed by atoms with Gasteiger partial charge in [0.1, 0.15) is 18.1 Å². The van der Waals surface area contributed by atoms with Crippen molar-refractivity contribution in [2.24, 2.45) is 0 Å². The van der Waals surface area contributed by atoms with Gasteiger partial charge in [-0.3, -0.25) is 9.48 Å². The number of ether oxygens (including phenoxy) is 1. The fourth-order valence-corrected chi connectivity index (χ4v) is 3.61. The van der Waals surface area contributed by atoms with Crippen LogP contribution in [0.2, 0.25) is 5.02 Å².